The van der Waals surface area contributed by atoms with Gasteiger partial charge in [-0.05, 0) is 24.6 Å². The van der Waals surface area contributed by atoms with Crippen LogP contribution in [0.3, 0.4) is 0 Å². The molecule has 3 N–H and O–H groups in total. The fourth-order valence-electron chi connectivity index (χ4n) is 0.974. The fraction of sp³-hybridized carbons (Fsp3) is 0.222. The third kappa shape index (κ3) is 1.82. The molecule has 1 aromatic rings. The number of hydrazine groups is 1. The summed E-state index contributed by atoms with van der Waals surface area (Å²) in [6.45, 7) is 1.94. The van der Waals surface area contributed by atoms with E-state index in [1.165, 1.54) is 0 Å². The van der Waals surface area contributed by atoms with Gasteiger partial charge in [0.05, 0.1) is 11.6 Å². The van der Waals surface area contributed by atoms with E-state index in [2.05, 4.69) is 11.5 Å². The van der Waals surface area contributed by atoms with E-state index >= 15 is 0 Å². The summed E-state index contributed by atoms with van der Waals surface area (Å²) < 4.78 is 0. The highest BCUT2D eigenvalue weighted by atomic mass is 15.2. The van der Waals surface area contributed by atoms with Gasteiger partial charge in [-0.25, -0.2) is 0 Å². The van der Waals surface area contributed by atoms with Crippen molar-refractivity contribution in [2.45, 2.75) is 13.0 Å². The van der Waals surface area contributed by atoms with E-state index in [9.17, 15) is 0 Å². The zero-order chi connectivity index (χ0) is 8.97. The van der Waals surface area contributed by atoms with Crippen LogP contribution in [0.5, 0.6) is 0 Å². The first kappa shape index (κ1) is 8.72. The summed E-state index contributed by atoms with van der Waals surface area (Å²) >= 11 is 0. The molecule has 0 amide bonds. The maximum Gasteiger partial charge on any atom is 0.0991 e. The fourth-order valence-corrected chi connectivity index (χ4v) is 0.974. The Balaban J connectivity index is 2.95. The van der Waals surface area contributed by atoms with Gasteiger partial charge >= 0.3 is 0 Å². The topological polar surface area (TPSA) is 61.8 Å². The van der Waals surface area contributed by atoms with Crippen molar-refractivity contribution >= 4 is 0 Å². The van der Waals surface area contributed by atoms with Crippen LogP contribution in [0.4, 0.5) is 0 Å². The molecule has 12 heavy (non-hydrogen) atoms. The average Bonchev–Trinajstić information content (AvgIpc) is 2.17. The number of hydrogen-bond acceptors (Lipinski definition) is 3. The minimum absolute atomic E-state index is 0.0818. The lowest BCUT2D eigenvalue weighted by atomic mass is 10.1. The molecule has 0 radical (unpaired) electrons. The Bertz CT molecular complexity index is 301. The van der Waals surface area contributed by atoms with Crippen molar-refractivity contribution in [3.05, 3.63) is 35.4 Å². The van der Waals surface area contributed by atoms with E-state index in [0.29, 0.717) is 5.56 Å². The predicted octanol–water partition coefficient (Wildman–Crippen LogP) is 1.08. The van der Waals surface area contributed by atoms with Crippen molar-refractivity contribution < 1.29 is 0 Å². The van der Waals surface area contributed by atoms with Crippen LogP contribution in [0, 0.1) is 11.3 Å². The summed E-state index contributed by atoms with van der Waals surface area (Å²) in [5.74, 6) is 5.26. The first-order chi connectivity index (χ1) is 5.77. The molecule has 0 saturated carbocycles. The second kappa shape index (κ2) is 3.86. The van der Waals surface area contributed by atoms with E-state index in [1.807, 2.05) is 25.1 Å². The highest BCUT2D eigenvalue weighted by molar-refractivity contribution is 5.33. The van der Waals surface area contributed by atoms with Crippen LogP contribution in [0.1, 0.15) is 24.1 Å². The van der Waals surface area contributed by atoms with Gasteiger partial charge in [-0.2, -0.15) is 5.26 Å². The number of nitriles is 1. The van der Waals surface area contributed by atoms with Gasteiger partial charge in [-0.3, -0.25) is 11.3 Å². The minimum Gasteiger partial charge on any atom is -0.271 e. The molecule has 0 aliphatic rings. The number of nitrogens with two attached hydrogens (primary N) is 1. The molecular weight excluding hydrogens is 150 g/mol. The molecule has 0 aliphatic heterocycles. The van der Waals surface area contributed by atoms with Crippen molar-refractivity contribution in [2.75, 3.05) is 0 Å². The summed E-state index contributed by atoms with van der Waals surface area (Å²) in [7, 11) is 0. The predicted molar refractivity (Wildman–Crippen MR) is 46.9 cm³/mol. The summed E-state index contributed by atoms with van der Waals surface area (Å²) in [6, 6.07) is 9.54. The molecule has 0 bridgehead atoms. The molecule has 0 saturated heterocycles. The number of hydrogen-bond donors (Lipinski definition) is 2. The normalized spacial score (nSPS) is 12.1. The summed E-state index contributed by atoms with van der Waals surface area (Å²) in [4.78, 5) is 0. The highest BCUT2D eigenvalue weighted by Crippen LogP contribution is 2.12. The van der Waals surface area contributed by atoms with Gasteiger partial charge in [0, 0.05) is 6.04 Å². The van der Waals surface area contributed by atoms with Gasteiger partial charge in [0.25, 0.3) is 0 Å². The Labute approximate surface area is 71.8 Å². The Morgan fingerprint density at radius 2 is 2.33 bits per heavy atom. The van der Waals surface area contributed by atoms with Gasteiger partial charge in [-0.1, -0.05) is 12.1 Å². The first-order valence-corrected chi connectivity index (χ1v) is 3.74. The number of rotatable bonds is 2. The smallest absolute Gasteiger partial charge is 0.0991 e. The van der Waals surface area contributed by atoms with E-state index in [1.54, 1.807) is 6.07 Å². The number of benzene rings is 1. The lowest BCUT2D eigenvalue weighted by molar-refractivity contribution is 0.602. The van der Waals surface area contributed by atoms with Crippen LogP contribution in [-0.4, -0.2) is 0 Å². The molecule has 0 heterocycles. The monoisotopic (exact) mass is 161 g/mol. The number of nitrogens with one attached hydrogen (secondary N) is 1. The van der Waals surface area contributed by atoms with Crippen LogP contribution in [-0.2, 0) is 0 Å². The summed E-state index contributed by atoms with van der Waals surface area (Å²) in [5, 5.41) is 8.61. The maximum absolute atomic E-state index is 8.61. The van der Waals surface area contributed by atoms with Crippen molar-refractivity contribution in [3.63, 3.8) is 0 Å². The second-order valence-corrected chi connectivity index (χ2v) is 2.63. The molecule has 1 atom stereocenters. The largest absolute Gasteiger partial charge is 0.271 e. The molecular formula is C9H11N3. The molecule has 0 aliphatic carbocycles. The Morgan fingerprint density at radius 3 is 2.92 bits per heavy atom. The summed E-state index contributed by atoms with van der Waals surface area (Å²) in [6.07, 6.45) is 0. The zero-order valence-corrected chi connectivity index (χ0v) is 6.91. The van der Waals surface area contributed by atoms with E-state index in [4.69, 9.17) is 11.1 Å². The Morgan fingerprint density at radius 1 is 1.58 bits per heavy atom. The molecule has 0 aromatic heterocycles. The van der Waals surface area contributed by atoms with Crippen molar-refractivity contribution in [3.8, 4) is 6.07 Å². The first-order valence-electron chi connectivity index (χ1n) is 3.74. The van der Waals surface area contributed by atoms with Gasteiger partial charge < -0.3 is 0 Å². The van der Waals surface area contributed by atoms with Gasteiger partial charge in [0.2, 0.25) is 0 Å². The highest BCUT2D eigenvalue weighted by Gasteiger charge is 2.01. The molecule has 3 heteroatoms. The van der Waals surface area contributed by atoms with Crippen LogP contribution in [0.25, 0.3) is 0 Å². The van der Waals surface area contributed by atoms with E-state index < -0.39 is 0 Å². The molecule has 1 unspecified atom stereocenters. The molecule has 3 nitrogen and oxygen atoms in total. The van der Waals surface area contributed by atoms with E-state index in [-0.39, 0.29) is 6.04 Å². The van der Waals surface area contributed by atoms with Crippen LogP contribution in [0.15, 0.2) is 24.3 Å². The average molecular weight is 161 g/mol. The van der Waals surface area contributed by atoms with Gasteiger partial charge in [-0.15, -0.1) is 0 Å². The lowest BCUT2D eigenvalue weighted by Crippen LogP contribution is -2.25. The molecule has 0 fully saturated rings. The maximum atomic E-state index is 8.61. The quantitative estimate of drug-likeness (QED) is 0.504. The van der Waals surface area contributed by atoms with E-state index in [0.717, 1.165) is 5.56 Å². The Hall–Kier alpha value is -1.37. The van der Waals surface area contributed by atoms with Crippen molar-refractivity contribution in [2.24, 2.45) is 5.84 Å². The van der Waals surface area contributed by atoms with Gasteiger partial charge in [0.15, 0.2) is 0 Å². The van der Waals surface area contributed by atoms with Crippen LogP contribution in [0.2, 0.25) is 0 Å². The number of nitrogens with zero attached hydrogens (tertiary/aromatic N) is 1. The lowest BCUT2D eigenvalue weighted by Gasteiger charge is -2.09. The van der Waals surface area contributed by atoms with Gasteiger partial charge in [0.1, 0.15) is 0 Å². The second-order valence-electron chi connectivity index (χ2n) is 2.63. The molecule has 0 spiro atoms. The SMILES string of the molecule is CC(NN)c1cccc(C#N)c1. The van der Waals surface area contributed by atoms with Crippen LogP contribution < -0.4 is 11.3 Å². The molecule has 62 valence electrons. The van der Waals surface area contributed by atoms with Crippen LogP contribution >= 0.6 is 0 Å². The van der Waals surface area contributed by atoms with Crippen molar-refractivity contribution in [1.82, 2.24) is 5.43 Å². The summed E-state index contributed by atoms with van der Waals surface area (Å²) in [5.41, 5.74) is 4.31. The molecule has 1 rings (SSSR count). The van der Waals surface area contributed by atoms with Crippen molar-refractivity contribution in [1.29, 1.82) is 5.26 Å². The minimum atomic E-state index is 0.0818. The standard InChI is InChI=1S/C9H11N3/c1-7(12-11)9-4-2-3-8(5-9)6-10/h2-5,7,12H,11H2,1H3. The Kier molecular flexibility index (Phi) is 2.81. The zero-order valence-electron chi connectivity index (χ0n) is 6.91. The third-order valence-electron chi connectivity index (χ3n) is 1.77. The third-order valence-corrected chi connectivity index (χ3v) is 1.77. The molecule has 1 aromatic carbocycles.